The molecule has 0 aliphatic rings. The van der Waals surface area contributed by atoms with Crippen LogP contribution in [0.15, 0.2) is 158 Å². The van der Waals surface area contributed by atoms with Crippen LogP contribution in [0.3, 0.4) is 0 Å². The van der Waals surface area contributed by atoms with Gasteiger partial charge in [0, 0.05) is 34.5 Å². The molecule has 0 spiro atoms. The molecule has 9 aromatic rings. The third kappa shape index (κ3) is 3.71. The Morgan fingerprint density at radius 1 is 0.364 bits per heavy atom. The molecule has 0 N–H and O–H groups in total. The maximum Gasteiger partial charge on any atom is 0.0964 e. The molecular formula is C40H26N4. The van der Waals surface area contributed by atoms with Crippen LogP contribution in [0.2, 0.25) is 0 Å². The van der Waals surface area contributed by atoms with Crippen molar-refractivity contribution in [2.24, 2.45) is 0 Å². The third-order valence-corrected chi connectivity index (χ3v) is 8.59. The molecule has 0 unspecified atom stereocenters. The predicted molar refractivity (Wildman–Crippen MR) is 182 cm³/mol. The quantitative estimate of drug-likeness (QED) is 0.214. The molecule has 0 saturated carbocycles. The zero-order valence-electron chi connectivity index (χ0n) is 23.8. The molecule has 4 heterocycles. The summed E-state index contributed by atoms with van der Waals surface area (Å²) in [6.45, 7) is 0. The summed E-state index contributed by atoms with van der Waals surface area (Å²) in [7, 11) is 0. The molecule has 0 aliphatic heterocycles. The van der Waals surface area contributed by atoms with E-state index in [1.54, 1.807) is 0 Å². The summed E-state index contributed by atoms with van der Waals surface area (Å²) >= 11 is 0. The van der Waals surface area contributed by atoms with E-state index in [0.29, 0.717) is 0 Å². The largest absolute Gasteiger partial charge is 0.306 e. The van der Waals surface area contributed by atoms with Gasteiger partial charge in [0.05, 0.1) is 33.1 Å². The van der Waals surface area contributed by atoms with Crippen LogP contribution in [0.1, 0.15) is 0 Å². The average molecular weight is 563 g/mol. The molecule has 0 amide bonds. The van der Waals surface area contributed by atoms with Gasteiger partial charge in [-0.1, -0.05) is 84.9 Å². The topological polar surface area (TPSA) is 35.6 Å². The second-order valence-corrected chi connectivity index (χ2v) is 11.1. The first-order valence-electron chi connectivity index (χ1n) is 14.8. The van der Waals surface area contributed by atoms with Crippen molar-refractivity contribution in [1.29, 1.82) is 0 Å². The van der Waals surface area contributed by atoms with E-state index in [9.17, 15) is 0 Å². The Morgan fingerprint density at radius 3 is 1.25 bits per heavy atom. The summed E-state index contributed by atoms with van der Waals surface area (Å²) < 4.78 is 4.76. The predicted octanol–water partition coefficient (Wildman–Crippen LogP) is 10.0. The van der Waals surface area contributed by atoms with Gasteiger partial charge in [-0.15, -0.1) is 0 Å². The van der Waals surface area contributed by atoms with Crippen molar-refractivity contribution in [2.75, 3.05) is 0 Å². The second-order valence-electron chi connectivity index (χ2n) is 11.1. The van der Waals surface area contributed by atoms with Gasteiger partial charge < -0.3 is 9.13 Å². The normalized spacial score (nSPS) is 11.6. The highest BCUT2D eigenvalue weighted by Gasteiger charge is 2.22. The number of rotatable bonds is 4. The van der Waals surface area contributed by atoms with E-state index >= 15 is 0 Å². The van der Waals surface area contributed by atoms with Gasteiger partial charge in [0.1, 0.15) is 0 Å². The molecule has 9 rings (SSSR count). The Kier molecular flexibility index (Phi) is 5.47. The second kappa shape index (κ2) is 9.79. The Morgan fingerprint density at radius 2 is 0.795 bits per heavy atom. The number of nitrogens with zero attached hydrogens (tertiary/aromatic N) is 4. The molecule has 0 saturated heterocycles. The highest BCUT2D eigenvalue weighted by molar-refractivity contribution is 6.22. The van der Waals surface area contributed by atoms with Gasteiger partial charge in [-0.25, -0.2) is 0 Å². The highest BCUT2D eigenvalue weighted by Crippen LogP contribution is 2.41. The van der Waals surface area contributed by atoms with Crippen molar-refractivity contribution in [3.05, 3.63) is 158 Å². The molecule has 0 bridgehead atoms. The Balaban J connectivity index is 1.42. The summed E-state index contributed by atoms with van der Waals surface area (Å²) in [5, 5.41) is 2.22. The number of hydrogen-bond donors (Lipinski definition) is 0. The SMILES string of the molecule is c1ccc(-c2cccc(-n3c4cccnc4c4ccc5c6ncccc6n(-c6cccc(-c7ccccc7)c6)c5c43)c2)cc1. The van der Waals surface area contributed by atoms with Gasteiger partial charge in [-0.3, -0.25) is 9.97 Å². The average Bonchev–Trinajstić information content (AvgIpc) is 3.62. The lowest BCUT2D eigenvalue weighted by molar-refractivity contribution is 1.15. The van der Waals surface area contributed by atoms with Crippen LogP contribution in [0, 0.1) is 0 Å². The highest BCUT2D eigenvalue weighted by atomic mass is 15.1. The molecule has 0 fully saturated rings. The van der Waals surface area contributed by atoms with Crippen molar-refractivity contribution >= 4 is 43.9 Å². The molecule has 4 nitrogen and oxygen atoms in total. The van der Waals surface area contributed by atoms with Crippen molar-refractivity contribution in [2.45, 2.75) is 0 Å². The van der Waals surface area contributed by atoms with E-state index < -0.39 is 0 Å². The first-order chi connectivity index (χ1) is 21.8. The zero-order chi connectivity index (χ0) is 29.0. The monoisotopic (exact) mass is 562 g/mol. The zero-order valence-corrected chi connectivity index (χ0v) is 23.8. The Bertz CT molecular complexity index is 2310. The lowest BCUT2D eigenvalue weighted by Crippen LogP contribution is -1.99. The van der Waals surface area contributed by atoms with Crippen LogP contribution in [0.4, 0.5) is 0 Å². The van der Waals surface area contributed by atoms with E-state index in [1.165, 1.54) is 22.3 Å². The molecule has 4 heteroatoms. The number of fused-ring (bicyclic) bond motifs is 7. The Labute approximate surface area is 254 Å². The van der Waals surface area contributed by atoms with E-state index in [-0.39, 0.29) is 0 Å². The lowest BCUT2D eigenvalue weighted by atomic mass is 10.0. The molecule has 44 heavy (non-hydrogen) atoms. The van der Waals surface area contributed by atoms with E-state index in [4.69, 9.17) is 9.97 Å². The summed E-state index contributed by atoms with van der Waals surface area (Å²) in [5.41, 5.74) is 13.3. The molecule has 4 aromatic heterocycles. The minimum Gasteiger partial charge on any atom is -0.306 e. The van der Waals surface area contributed by atoms with Gasteiger partial charge in [0.2, 0.25) is 0 Å². The number of aromatic nitrogens is 4. The molecule has 0 atom stereocenters. The van der Waals surface area contributed by atoms with Crippen molar-refractivity contribution in [3.8, 4) is 33.6 Å². The maximum atomic E-state index is 4.91. The molecule has 0 aliphatic carbocycles. The van der Waals surface area contributed by atoms with Gasteiger partial charge in [0.15, 0.2) is 0 Å². The number of hydrogen-bond acceptors (Lipinski definition) is 2. The molecule has 0 radical (unpaired) electrons. The smallest absolute Gasteiger partial charge is 0.0964 e. The van der Waals surface area contributed by atoms with Crippen molar-refractivity contribution < 1.29 is 0 Å². The Hall–Kier alpha value is -6.00. The summed E-state index contributed by atoms with van der Waals surface area (Å²) in [6, 6.07) is 51.5. The molecule has 206 valence electrons. The van der Waals surface area contributed by atoms with Crippen molar-refractivity contribution in [1.82, 2.24) is 19.1 Å². The van der Waals surface area contributed by atoms with E-state index in [2.05, 4.69) is 143 Å². The first kappa shape index (κ1) is 24.6. The van der Waals surface area contributed by atoms with Crippen molar-refractivity contribution in [3.63, 3.8) is 0 Å². The lowest BCUT2D eigenvalue weighted by Gasteiger charge is -2.14. The van der Waals surface area contributed by atoms with Crippen LogP contribution >= 0.6 is 0 Å². The first-order valence-corrected chi connectivity index (χ1v) is 14.8. The number of benzene rings is 5. The van der Waals surface area contributed by atoms with Gasteiger partial charge in [-0.05, 0) is 82.9 Å². The van der Waals surface area contributed by atoms with Gasteiger partial charge in [0.25, 0.3) is 0 Å². The van der Waals surface area contributed by atoms with E-state index in [1.807, 2.05) is 24.5 Å². The van der Waals surface area contributed by atoms with Crippen LogP contribution in [0.25, 0.3) is 77.5 Å². The van der Waals surface area contributed by atoms with Gasteiger partial charge in [-0.2, -0.15) is 0 Å². The third-order valence-electron chi connectivity index (χ3n) is 8.59. The molecule has 5 aromatic carbocycles. The summed E-state index contributed by atoms with van der Waals surface area (Å²) in [5.74, 6) is 0. The molecular weight excluding hydrogens is 536 g/mol. The number of pyridine rings is 2. The van der Waals surface area contributed by atoms with E-state index in [0.717, 1.165) is 55.2 Å². The van der Waals surface area contributed by atoms with Crippen LogP contribution in [-0.2, 0) is 0 Å². The van der Waals surface area contributed by atoms with Gasteiger partial charge >= 0.3 is 0 Å². The van der Waals surface area contributed by atoms with Crippen LogP contribution in [0.5, 0.6) is 0 Å². The fourth-order valence-electron chi connectivity index (χ4n) is 6.67. The minimum atomic E-state index is 0.984. The standard InChI is InChI=1S/C40H26N4/c1-3-11-27(12-4-1)29-15-7-17-31(25-29)43-35-19-9-23-41-37(35)33-21-22-34-38-36(20-10-24-42-38)44(40(34)39(33)43)32-18-8-16-30(26-32)28-13-5-2-6-14-28/h1-26H. The fraction of sp³-hybridized carbons (Fsp3) is 0. The minimum absolute atomic E-state index is 0.984. The van der Waals surface area contributed by atoms with Crippen LogP contribution in [-0.4, -0.2) is 19.1 Å². The fourth-order valence-corrected chi connectivity index (χ4v) is 6.67. The summed E-state index contributed by atoms with van der Waals surface area (Å²) in [4.78, 5) is 9.81. The maximum absolute atomic E-state index is 4.91. The van der Waals surface area contributed by atoms with Crippen LogP contribution < -0.4 is 0 Å². The summed E-state index contributed by atoms with van der Waals surface area (Å²) in [6.07, 6.45) is 3.77.